The van der Waals surface area contributed by atoms with Crippen molar-refractivity contribution < 1.29 is 4.42 Å². The Morgan fingerprint density at radius 2 is 1.70 bits per heavy atom. The third-order valence-corrected chi connectivity index (χ3v) is 5.03. The highest BCUT2D eigenvalue weighted by Crippen LogP contribution is 2.48. The van der Waals surface area contributed by atoms with E-state index in [0.29, 0.717) is 5.92 Å². The molecule has 2 aromatic rings. The molecule has 2 atom stereocenters. The van der Waals surface area contributed by atoms with Gasteiger partial charge < -0.3 is 4.42 Å². The Kier molecular flexibility index (Phi) is 3.12. The molecular formula is C18H21NO. The molecule has 2 unspecified atom stereocenters. The first-order valence-electron chi connectivity index (χ1n) is 7.70. The van der Waals surface area contributed by atoms with Crippen LogP contribution in [-0.2, 0) is 6.54 Å². The van der Waals surface area contributed by atoms with Crippen molar-refractivity contribution in [1.82, 2.24) is 4.90 Å². The van der Waals surface area contributed by atoms with E-state index in [4.69, 9.17) is 4.42 Å². The van der Waals surface area contributed by atoms with Gasteiger partial charge in [-0.3, -0.25) is 4.90 Å². The molecule has 20 heavy (non-hydrogen) atoms. The number of likely N-dealkylation sites (tertiary alicyclic amines) is 1. The Bertz CT molecular complexity index is 534. The topological polar surface area (TPSA) is 16.4 Å². The summed E-state index contributed by atoms with van der Waals surface area (Å²) in [7, 11) is 0. The van der Waals surface area contributed by atoms with E-state index in [1.54, 1.807) is 0 Å². The summed E-state index contributed by atoms with van der Waals surface area (Å²) in [4.78, 5) is 2.64. The van der Waals surface area contributed by atoms with Crippen molar-refractivity contribution in [3.63, 3.8) is 0 Å². The first kappa shape index (κ1) is 12.2. The summed E-state index contributed by atoms with van der Waals surface area (Å²) in [6, 6.07) is 15.0. The van der Waals surface area contributed by atoms with E-state index in [9.17, 15) is 0 Å². The average Bonchev–Trinajstić information content (AvgIpc) is 3.06. The summed E-state index contributed by atoms with van der Waals surface area (Å²) in [5, 5.41) is 0. The molecule has 1 aromatic heterocycles. The van der Waals surface area contributed by atoms with Gasteiger partial charge in [0.2, 0.25) is 0 Å². The number of furan rings is 1. The highest BCUT2D eigenvalue weighted by molar-refractivity contribution is 5.17. The van der Waals surface area contributed by atoms with Gasteiger partial charge in [-0.05, 0) is 42.4 Å². The van der Waals surface area contributed by atoms with Crippen molar-refractivity contribution in [2.45, 2.75) is 25.3 Å². The number of nitrogens with zero attached hydrogens (tertiary/aromatic N) is 1. The minimum Gasteiger partial charge on any atom is -0.469 e. The molecule has 0 N–H and O–H groups in total. The van der Waals surface area contributed by atoms with E-state index in [0.717, 1.165) is 18.4 Å². The van der Waals surface area contributed by atoms with E-state index in [2.05, 4.69) is 41.3 Å². The normalized spacial score (nSPS) is 29.7. The highest BCUT2D eigenvalue weighted by Gasteiger charge is 2.43. The third kappa shape index (κ3) is 2.18. The quantitative estimate of drug-likeness (QED) is 0.838. The van der Waals surface area contributed by atoms with Crippen molar-refractivity contribution in [1.29, 1.82) is 0 Å². The SMILES string of the molecule is c1ccc(CN2CC3CCC(C2)C3c2ccco2)cc1. The standard InChI is InChI=1S/C18H21NO/c1-2-5-14(6-3-1)11-19-12-15-8-9-16(13-19)18(15)17-7-4-10-20-17/h1-7,10,15-16,18H,8-9,11-13H2. The van der Waals surface area contributed by atoms with Crippen molar-refractivity contribution in [3.05, 3.63) is 60.1 Å². The Balaban J connectivity index is 1.48. The molecule has 2 heteroatoms. The molecular weight excluding hydrogens is 246 g/mol. The van der Waals surface area contributed by atoms with Crippen LogP contribution in [0.15, 0.2) is 53.1 Å². The van der Waals surface area contributed by atoms with Gasteiger partial charge in [0.1, 0.15) is 5.76 Å². The lowest BCUT2D eigenvalue weighted by Crippen LogP contribution is -2.40. The van der Waals surface area contributed by atoms with Gasteiger partial charge in [0, 0.05) is 25.6 Å². The van der Waals surface area contributed by atoms with Gasteiger partial charge in [0.15, 0.2) is 0 Å². The molecule has 2 aliphatic rings. The van der Waals surface area contributed by atoms with Crippen LogP contribution < -0.4 is 0 Å². The molecule has 104 valence electrons. The maximum Gasteiger partial charge on any atom is 0.107 e. The zero-order valence-electron chi connectivity index (χ0n) is 11.7. The van der Waals surface area contributed by atoms with E-state index >= 15 is 0 Å². The maximum absolute atomic E-state index is 5.69. The van der Waals surface area contributed by atoms with E-state index < -0.39 is 0 Å². The number of hydrogen-bond donors (Lipinski definition) is 0. The fourth-order valence-corrected chi connectivity index (χ4v) is 4.24. The lowest BCUT2D eigenvalue weighted by molar-refractivity contribution is 0.128. The average molecular weight is 267 g/mol. The highest BCUT2D eigenvalue weighted by atomic mass is 16.3. The van der Waals surface area contributed by atoms with Gasteiger partial charge in [-0.1, -0.05) is 30.3 Å². The first-order chi connectivity index (χ1) is 9.90. The zero-order chi connectivity index (χ0) is 13.4. The second-order valence-corrected chi connectivity index (χ2v) is 6.32. The molecule has 1 saturated carbocycles. The summed E-state index contributed by atoms with van der Waals surface area (Å²) in [6.45, 7) is 3.53. The Morgan fingerprint density at radius 3 is 2.35 bits per heavy atom. The lowest BCUT2D eigenvalue weighted by Gasteiger charge is -2.37. The predicted molar refractivity (Wildman–Crippen MR) is 79.4 cm³/mol. The van der Waals surface area contributed by atoms with Gasteiger partial charge >= 0.3 is 0 Å². The number of benzene rings is 1. The summed E-state index contributed by atoms with van der Waals surface area (Å²) in [5.41, 5.74) is 1.43. The smallest absolute Gasteiger partial charge is 0.107 e. The van der Waals surface area contributed by atoms with Crippen LogP contribution >= 0.6 is 0 Å². The summed E-state index contributed by atoms with van der Waals surface area (Å²) in [5.74, 6) is 3.45. The molecule has 2 fully saturated rings. The van der Waals surface area contributed by atoms with Gasteiger partial charge in [-0.2, -0.15) is 0 Å². The first-order valence-corrected chi connectivity index (χ1v) is 7.70. The Hall–Kier alpha value is -1.54. The van der Waals surface area contributed by atoms with Gasteiger partial charge in [0.05, 0.1) is 6.26 Å². The summed E-state index contributed by atoms with van der Waals surface area (Å²) in [6.07, 6.45) is 4.55. The van der Waals surface area contributed by atoms with Crippen LogP contribution in [-0.4, -0.2) is 18.0 Å². The molecule has 2 heterocycles. The monoisotopic (exact) mass is 267 g/mol. The number of piperidine rings is 1. The molecule has 1 aliphatic heterocycles. The molecule has 0 spiro atoms. The molecule has 1 aliphatic carbocycles. The molecule has 1 aromatic carbocycles. The predicted octanol–water partition coefficient (Wildman–Crippen LogP) is 3.91. The van der Waals surface area contributed by atoms with Gasteiger partial charge in [-0.15, -0.1) is 0 Å². The molecule has 4 rings (SSSR count). The third-order valence-electron chi connectivity index (χ3n) is 5.03. The largest absolute Gasteiger partial charge is 0.469 e. The number of fused-ring (bicyclic) bond motifs is 2. The fraction of sp³-hybridized carbons (Fsp3) is 0.444. The van der Waals surface area contributed by atoms with Crippen molar-refractivity contribution in [3.8, 4) is 0 Å². The van der Waals surface area contributed by atoms with Crippen LogP contribution in [0.4, 0.5) is 0 Å². The summed E-state index contributed by atoms with van der Waals surface area (Å²) >= 11 is 0. The van der Waals surface area contributed by atoms with E-state index in [1.807, 2.05) is 12.3 Å². The van der Waals surface area contributed by atoms with Crippen molar-refractivity contribution in [2.24, 2.45) is 11.8 Å². The Morgan fingerprint density at radius 1 is 0.950 bits per heavy atom. The van der Waals surface area contributed by atoms with E-state index in [1.165, 1.54) is 37.3 Å². The van der Waals surface area contributed by atoms with Crippen LogP contribution in [0.3, 0.4) is 0 Å². The zero-order valence-corrected chi connectivity index (χ0v) is 11.7. The molecule has 2 nitrogen and oxygen atoms in total. The van der Waals surface area contributed by atoms with E-state index in [-0.39, 0.29) is 0 Å². The second-order valence-electron chi connectivity index (χ2n) is 6.32. The lowest BCUT2D eigenvalue weighted by atomic mass is 9.83. The molecule has 2 bridgehead atoms. The van der Waals surface area contributed by atoms with Crippen LogP contribution in [0.25, 0.3) is 0 Å². The van der Waals surface area contributed by atoms with Gasteiger partial charge in [-0.25, -0.2) is 0 Å². The number of hydrogen-bond acceptors (Lipinski definition) is 2. The molecule has 0 amide bonds. The molecule has 1 saturated heterocycles. The van der Waals surface area contributed by atoms with Crippen molar-refractivity contribution >= 4 is 0 Å². The van der Waals surface area contributed by atoms with Crippen LogP contribution in [0.2, 0.25) is 0 Å². The fourth-order valence-electron chi connectivity index (χ4n) is 4.24. The Labute approximate surface area is 120 Å². The van der Waals surface area contributed by atoms with Crippen LogP contribution in [0.1, 0.15) is 30.1 Å². The van der Waals surface area contributed by atoms with Crippen LogP contribution in [0.5, 0.6) is 0 Å². The minimum atomic E-state index is 0.664. The maximum atomic E-state index is 5.69. The second kappa shape index (κ2) is 5.10. The van der Waals surface area contributed by atoms with Crippen molar-refractivity contribution in [2.75, 3.05) is 13.1 Å². The van der Waals surface area contributed by atoms with Gasteiger partial charge in [0.25, 0.3) is 0 Å². The summed E-state index contributed by atoms with van der Waals surface area (Å²) < 4.78 is 5.69. The number of rotatable bonds is 3. The molecule has 0 radical (unpaired) electrons. The van der Waals surface area contributed by atoms with Crippen LogP contribution in [0, 0.1) is 11.8 Å². The minimum absolute atomic E-state index is 0.664.